The molecule has 0 aliphatic carbocycles. The Kier molecular flexibility index (Phi) is 2.69. The van der Waals surface area contributed by atoms with Gasteiger partial charge in [-0.2, -0.15) is 4.98 Å². The number of benzene rings is 1. The van der Waals surface area contributed by atoms with Crippen LogP contribution >= 0.6 is 0 Å². The number of aryl methyl sites for hydroxylation is 3. The van der Waals surface area contributed by atoms with Gasteiger partial charge >= 0.3 is 0 Å². The molecule has 0 saturated heterocycles. The summed E-state index contributed by atoms with van der Waals surface area (Å²) in [5.41, 5.74) is 9.99. The van der Waals surface area contributed by atoms with Crippen LogP contribution in [0.4, 0.5) is 6.01 Å². The number of hydrogen-bond donors (Lipinski definition) is 1. The maximum Gasteiger partial charge on any atom is 0.292 e. The number of oxazole rings is 1. The van der Waals surface area contributed by atoms with E-state index >= 15 is 0 Å². The minimum Gasteiger partial charge on any atom is -0.428 e. The number of nitrogen functional groups attached to an aromatic ring is 1. The average molecular weight is 216 g/mol. The van der Waals surface area contributed by atoms with E-state index in [0.717, 1.165) is 23.4 Å². The molecule has 16 heavy (non-hydrogen) atoms. The van der Waals surface area contributed by atoms with Crippen molar-refractivity contribution in [1.82, 2.24) is 4.98 Å². The molecule has 2 N–H and O–H groups in total. The molecule has 0 atom stereocenters. The molecule has 3 heteroatoms. The van der Waals surface area contributed by atoms with E-state index in [4.69, 9.17) is 10.2 Å². The molecule has 1 heterocycles. The van der Waals surface area contributed by atoms with Gasteiger partial charge in [0.25, 0.3) is 6.01 Å². The second kappa shape index (κ2) is 4.00. The van der Waals surface area contributed by atoms with Crippen molar-refractivity contribution in [2.24, 2.45) is 0 Å². The molecule has 1 aromatic heterocycles. The van der Waals surface area contributed by atoms with Crippen molar-refractivity contribution in [3.8, 4) is 11.3 Å². The van der Waals surface area contributed by atoms with Crippen LogP contribution in [-0.2, 0) is 6.42 Å². The molecule has 0 amide bonds. The molecule has 0 bridgehead atoms. The second-order valence-corrected chi connectivity index (χ2v) is 4.00. The fourth-order valence-corrected chi connectivity index (χ4v) is 1.81. The third kappa shape index (κ3) is 1.81. The van der Waals surface area contributed by atoms with E-state index in [9.17, 15) is 0 Å². The van der Waals surface area contributed by atoms with Gasteiger partial charge in [-0.25, -0.2) is 0 Å². The topological polar surface area (TPSA) is 52.0 Å². The van der Waals surface area contributed by atoms with Crippen LogP contribution in [0, 0.1) is 13.8 Å². The first kappa shape index (κ1) is 10.7. The van der Waals surface area contributed by atoms with Crippen LogP contribution in [0.2, 0.25) is 0 Å². The maximum absolute atomic E-state index is 5.60. The lowest BCUT2D eigenvalue weighted by Crippen LogP contribution is -1.89. The highest BCUT2D eigenvalue weighted by molar-refractivity contribution is 5.67. The van der Waals surface area contributed by atoms with Gasteiger partial charge in [0.15, 0.2) is 0 Å². The van der Waals surface area contributed by atoms with E-state index in [2.05, 4.69) is 37.0 Å². The van der Waals surface area contributed by atoms with Crippen LogP contribution in [-0.4, -0.2) is 4.98 Å². The molecular weight excluding hydrogens is 200 g/mol. The van der Waals surface area contributed by atoms with Crippen LogP contribution in [0.25, 0.3) is 11.3 Å². The molecule has 0 aliphatic heterocycles. The number of anilines is 1. The molecule has 3 nitrogen and oxygen atoms in total. The van der Waals surface area contributed by atoms with E-state index in [1.54, 1.807) is 0 Å². The lowest BCUT2D eigenvalue weighted by molar-refractivity contribution is 0.530. The highest BCUT2D eigenvalue weighted by Crippen LogP contribution is 2.28. The Balaban J connectivity index is 2.61. The Bertz CT molecular complexity index is 515. The fraction of sp³-hybridized carbons (Fsp3) is 0.308. The first-order valence-electron chi connectivity index (χ1n) is 5.44. The normalized spacial score (nSPS) is 10.7. The molecule has 2 aromatic rings. The van der Waals surface area contributed by atoms with Crippen LogP contribution in [0.3, 0.4) is 0 Å². The Morgan fingerprint density at radius 2 is 2.06 bits per heavy atom. The first-order chi connectivity index (χ1) is 7.61. The fourth-order valence-electron chi connectivity index (χ4n) is 1.81. The highest BCUT2D eigenvalue weighted by atomic mass is 16.4. The molecule has 0 spiro atoms. The largest absolute Gasteiger partial charge is 0.428 e. The van der Waals surface area contributed by atoms with Crippen molar-refractivity contribution in [2.75, 3.05) is 5.73 Å². The van der Waals surface area contributed by atoms with Crippen LogP contribution < -0.4 is 5.73 Å². The Hall–Kier alpha value is -1.77. The summed E-state index contributed by atoms with van der Waals surface area (Å²) in [4.78, 5) is 4.26. The molecular formula is C13H16N2O. The van der Waals surface area contributed by atoms with E-state index < -0.39 is 0 Å². The lowest BCUT2D eigenvalue weighted by atomic mass is 10.0. The average Bonchev–Trinajstić information content (AvgIpc) is 2.63. The van der Waals surface area contributed by atoms with E-state index in [1.807, 2.05) is 6.92 Å². The van der Waals surface area contributed by atoms with Gasteiger partial charge in [0.05, 0.1) is 0 Å². The first-order valence-corrected chi connectivity index (χ1v) is 5.44. The zero-order chi connectivity index (χ0) is 11.7. The summed E-state index contributed by atoms with van der Waals surface area (Å²) >= 11 is 0. The quantitative estimate of drug-likeness (QED) is 0.839. The lowest BCUT2D eigenvalue weighted by Gasteiger charge is -2.04. The van der Waals surface area contributed by atoms with Gasteiger partial charge in [-0.05, 0) is 25.5 Å². The van der Waals surface area contributed by atoms with Gasteiger partial charge in [-0.15, -0.1) is 0 Å². The molecule has 84 valence electrons. The minimum atomic E-state index is 0.243. The molecule has 0 aliphatic rings. The molecule has 0 radical (unpaired) electrons. The third-order valence-corrected chi connectivity index (χ3v) is 2.68. The monoisotopic (exact) mass is 216 g/mol. The number of rotatable bonds is 2. The summed E-state index contributed by atoms with van der Waals surface area (Å²) in [5, 5.41) is 0. The third-order valence-electron chi connectivity index (χ3n) is 2.68. The SMILES string of the molecule is CCc1oc(N)nc1-c1cc(C)ccc1C. The molecule has 1 aromatic carbocycles. The van der Waals surface area contributed by atoms with Crippen molar-refractivity contribution in [3.05, 3.63) is 35.1 Å². The molecule has 2 rings (SSSR count). The summed E-state index contributed by atoms with van der Waals surface area (Å²) in [5.74, 6) is 0.853. The standard InChI is InChI=1S/C13H16N2O/c1-4-11-12(15-13(14)16-11)10-7-8(2)5-6-9(10)3/h5-7H,4H2,1-3H3,(H2,14,15). The number of nitrogens with zero attached hydrogens (tertiary/aromatic N) is 1. The number of aromatic nitrogens is 1. The van der Waals surface area contributed by atoms with Crippen LogP contribution in [0.15, 0.2) is 22.6 Å². The Morgan fingerprint density at radius 1 is 1.31 bits per heavy atom. The van der Waals surface area contributed by atoms with Crippen molar-refractivity contribution >= 4 is 6.01 Å². The van der Waals surface area contributed by atoms with E-state index in [-0.39, 0.29) is 6.01 Å². The van der Waals surface area contributed by atoms with Gasteiger partial charge in [0.1, 0.15) is 11.5 Å². The Morgan fingerprint density at radius 3 is 2.75 bits per heavy atom. The van der Waals surface area contributed by atoms with Gasteiger partial charge in [-0.1, -0.05) is 24.6 Å². The Labute approximate surface area is 95.3 Å². The smallest absolute Gasteiger partial charge is 0.292 e. The van der Waals surface area contributed by atoms with Gasteiger partial charge in [0.2, 0.25) is 0 Å². The van der Waals surface area contributed by atoms with E-state index in [1.165, 1.54) is 11.1 Å². The summed E-state index contributed by atoms with van der Waals surface area (Å²) in [6.45, 7) is 6.17. The molecule has 0 fully saturated rings. The van der Waals surface area contributed by atoms with Crippen molar-refractivity contribution in [2.45, 2.75) is 27.2 Å². The van der Waals surface area contributed by atoms with Gasteiger partial charge in [-0.3, -0.25) is 0 Å². The van der Waals surface area contributed by atoms with Crippen molar-refractivity contribution in [3.63, 3.8) is 0 Å². The minimum absolute atomic E-state index is 0.243. The summed E-state index contributed by atoms with van der Waals surface area (Å²) in [6.07, 6.45) is 0.799. The van der Waals surface area contributed by atoms with Crippen molar-refractivity contribution < 1.29 is 4.42 Å². The zero-order valence-corrected chi connectivity index (χ0v) is 9.87. The second-order valence-electron chi connectivity index (χ2n) is 4.00. The molecule has 0 unspecified atom stereocenters. The van der Waals surface area contributed by atoms with Gasteiger partial charge in [0, 0.05) is 12.0 Å². The summed E-state index contributed by atoms with van der Waals surface area (Å²) in [7, 11) is 0. The predicted molar refractivity (Wildman–Crippen MR) is 65.2 cm³/mol. The van der Waals surface area contributed by atoms with Crippen LogP contribution in [0.1, 0.15) is 23.8 Å². The summed E-state index contributed by atoms with van der Waals surface area (Å²) in [6, 6.07) is 6.54. The van der Waals surface area contributed by atoms with Gasteiger partial charge < -0.3 is 10.2 Å². The zero-order valence-electron chi connectivity index (χ0n) is 9.87. The highest BCUT2D eigenvalue weighted by Gasteiger charge is 2.13. The van der Waals surface area contributed by atoms with Crippen molar-refractivity contribution in [1.29, 1.82) is 0 Å². The molecule has 0 saturated carbocycles. The van der Waals surface area contributed by atoms with E-state index in [0.29, 0.717) is 0 Å². The maximum atomic E-state index is 5.60. The predicted octanol–water partition coefficient (Wildman–Crippen LogP) is 3.10. The summed E-state index contributed by atoms with van der Waals surface area (Å²) < 4.78 is 5.38. The number of hydrogen-bond acceptors (Lipinski definition) is 3. The number of nitrogens with two attached hydrogens (primary N) is 1. The van der Waals surface area contributed by atoms with Crippen LogP contribution in [0.5, 0.6) is 0 Å².